The van der Waals surface area contributed by atoms with Gasteiger partial charge in [0.1, 0.15) is 0 Å². The highest BCUT2D eigenvalue weighted by atomic mass is 16.5. The number of hydrogen-bond acceptors (Lipinski definition) is 5. The van der Waals surface area contributed by atoms with E-state index in [1.807, 2.05) is 0 Å². The smallest absolute Gasteiger partial charge is 0.305 e. The number of rotatable bonds is 5. The normalized spacial score (nSPS) is 16.7. The molecule has 0 aliphatic heterocycles. The molecule has 1 fully saturated rings. The number of carbonyl (C=O) groups is 2. The molecule has 2 rings (SSSR count). The second-order valence-corrected chi connectivity index (χ2v) is 4.39. The van der Waals surface area contributed by atoms with E-state index < -0.39 is 17.4 Å². The molecule has 1 amide bonds. The maximum absolute atomic E-state index is 11.9. The Labute approximate surface area is 103 Å². The number of carboxylic acid groups (broad SMARTS) is 1. The molecule has 98 valence electrons. The van der Waals surface area contributed by atoms with Crippen molar-refractivity contribution in [3.63, 3.8) is 0 Å². The van der Waals surface area contributed by atoms with Crippen LogP contribution in [0.2, 0.25) is 0 Å². The summed E-state index contributed by atoms with van der Waals surface area (Å²) in [4.78, 5) is 22.6. The molecule has 1 aromatic rings. The number of amides is 1. The van der Waals surface area contributed by atoms with Crippen LogP contribution >= 0.6 is 0 Å². The minimum absolute atomic E-state index is 0.0171. The van der Waals surface area contributed by atoms with Crippen molar-refractivity contribution >= 4 is 11.9 Å². The predicted octanol–water partition coefficient (Wildman–Crippen LogP) is 0.810. The molecule has 1 heterocycles. The van der Waals surface area contributed by atoms with Crippen LogP contribution in [0.3, 0.4) is 0 Å². The summed E-state index contributed by atoms with van der Waals surface area (Å²) in [6, 6.07) is 1.36. The molecule has 1 saturated carbocycles. The molecule has 0 bridgehead atoms. The lowest BCUT2D eigenvalue weighted by molar-refractivity contribution is -0.139. The zero-order valence-corrected chi connectivity index (χ0v) is 9.93. The molecule has 1 aromatic heterocycles. The fraction of sp³-hybridized carbons (Fsp3) is 0.545. The molecule has 1 aliphatic carbocycles. The van der Waals surface area contributed by atoms with Crippen molar-refractivity contribution in [1.82, 2.24) is 10.5 Å². The molecule has 7 heteroatoms. The number of carboxylic acids is 1. The molecule has 2 N–H and O–H groups in total. The number of methoxy groups -OCH3 is 1. The highest BCUT2D eigenvalue weighted by Crippen LogP contribution is 2.35. The van der Waals surface area contributed by atoms with Crippen molar-refractivity contribution in [1.29, 1.82) is 0 Å². The van der Waals surface area contributed by atoms with Gasteiger partial charge in [0.15, 0.2) is 0 Å². The first-order valence-electron chi connectivity index (χ1n) is 5.60. The van der Waals surface area contributed by atoms with Crippen molar-refractivity contribution in [3.05, 3.63) is 11.8 Å². The Morgan fingerprint density at radius 1 is 1.61 bits per heavy atom. The van der Waals surface area contributed by atoms with Gasteiger partial charge in [-0.1, -0.05) is 0 Å². The van der Waals surface area contributed by atoms with E-state index >= 15 is 0 Å². The summed E-state index contributed by atoms with van der Waals surface area (Å²) >= 11 is 0. The third-order valence-electron chi connectivity index (χ3n) is 3.10. The molecule has 7 nitrogen and oxygen atoms in total. The number of aliphatic carboxylic acids is 1. The molecule has 18 heavy (non-hydrogen) atoms. The summed E-state index contributed by atoms with van der Waals surface area (Å²) in [7, 11) is 1.41. The molecular weight excluding hydrogens is 240 g/mol. The van der Waals surface area contributed by atoms with Crippen LogP contribution < -0.4 is 10.1 Å². The number of aromatic nitrogens is 1. The minimum atomic E-state index is -0.926. The molecular formula is C11H14N2O5. The van der Waals surface area contributed by atoms with E-state index in [4.69, 9.17) is 14.4 Å². The van der Waals surface area contributed by atoms with Gasteiger partial charge in [0.25, 0.3) is 11.8 Å². The Morgan fingerprint density at radius 3 is 2.78 bits per heavy atom. The second-order valence-electron chi connectivity index (χ2n) is 4.39. The first kappa shape index (κ1) is 12.4. The summed E-state index contributed by atoms with van der Waals surface area (Å²) in [5.74, 6) is -1.17. The lowest BCUT2D eigenvalue weighted by Gasteiger charge is -2.41. The molecule has 0 atom stereocenters. The monoisotopic (exact) mass is 254 g/mol. The first-order valence-corrected chi connectivity index (χ1v) is 5.60. The van der Waals surface area contributed by atoms with Crippen LogP contribution in [-0.2, 0) is 4.79 Å². The lowest BCUT2D eigenvalue weighted by Crippen LogP contribution is -2.54. The van der Waals surface area contributed by atoms with Crippen LogP contribution in [-0.4, -0.2) is 34.8 Å². The van der Waals surface area contributed by atoms with Crippen molar-refractivity contribution in [3.8, 4) is 5.88 Å². The molecule has 0 unspecified atom stereocenters. The SMILES string of the molecule is COc1cc(C(=O)NC2(CC(=O)O)CCC2)on1. The zero-order chi connectivity index (χ0) is 13.2. The Hall–Kier alpha value is -2.05. The van der Waals surface area contributed by atoms with Crippen LogP contribution in [0.4, 0.5) is 0 Å². The predicted molar refractivity (Wildman–Crippen MR) is 59.4 cm³/mol. The maximum Gasteiger partial charge on any atom is 0.305 e. The lowest BCUT2D eigenvalue weighted by atomic mass is 9.74. The van der Waals surface area contributed by atoms with E-state index in [1.165, 1.54) is 13.2 Å². The van der Waals surface area contributed by atoms with Crippen molar-refractivity contribution < 1.29 is 24.0 Å². The number of carbonyl (C=O) groups excluding carboxylic acids is 1. The van der Waals surface area contributed by atoms with Gasteiger partial charge in [-0.05, 0) is 24.4 Å². The summed E-state index contributed by atoms with van der Waals surface area (Å²) in [5, 5.41) is 15.1. The van der Waals surface area contributed by atoms with Crippen LogP contribution in [0.15, 0.2) is 10.6 Å². The molecule has 0 radical (unpaired) electrons. The molecule has 0 aromatic carbocycles. The fourth-order valence-corrected chi connectivity index (χ4v) is 2.00. The highest BCUT2D eigenvalue weighted by Gasteiger charge is 2.41. The van der Waals surface area contributed by atoms with Gasteiger partial charge in [-0.15, -0.1) is 0 Å². The van der Waals surface area contributed by atoms with Crippen LogP contribution in [0.5, 0.6) is 5.88 Å². The molecule has 0 saturated heterocycles. The van der Waals surface area contributed by atoms with Gasteiger partial charge in [0.05, 0.1) is 25.1 Å². The van der Waals surface area contributed by atoms with Gasteiger partial charge in [-0.25, -0.2) is 0 Å². The zero-order valence-electron chi connectivity index (χ0n) is 9.93. The topological polar surface area (TPSA) is 102 Å². The van der Waals surface area contributed by atoms with Crippen molar-refractivity contribution in [2.45, 2.75) is 31.2 Å². The van der Waals surface area contributed by atoms with E-state index in [0.29, 0.717) is 12.8 Å². The average Bonchev–Trinajstić information content (AvgIpc) is 2.73. The Balaban J connectivity index is 2.03. The summed E-state index contributed by atoms with van der Waals surface area (Å²) < 4.78 is 9.60. The van der Waals surface area contributed by atoms with E-state index in [0.717, 1.165) is 6.42 Å². The Bertz CT molecular complexity index is 464. The largest absolute Gasteiger partial charge is 0.481 e. The minimum Gasteiger partial charge on any atom is -0.481 e. The van der Waals surface area contributed by atoms with E-state index in [9.17, 15) is 9.59 Å². The van der Waals surface area contributed by atoms with Gasteiger partial charge in [0.2, 0.25) is 5.76 Å². The van der Waals surface area contributed by atoms with Crippen LogP contribution in [0, 0.1) is 0 Å². The van der Waals surface area contributed by atoms with E-state index in [1.54, 1.807) is 0 Å². The fourth-order valence-electron chi connectivity index (χ4n) is 2.00. The van der Waals surface area contributed by atoms with Crippen molar-refractivity contribution in [2.24, 2.45) is 0 Å². The first-order chi connectivity index (χ1) is 8.54. The standard InChI is InChI=1S/C11H14N2O5/c1-17-8-5-7(18-13-8)10(16)12-11(3-2-4-11)6-9(14)15/h5H,2-4,6H2,1H3,(H,12,16)(H,14,15). The van der Waals surface area contributed by atoms with Gasteiger partial charge in [-0.2, -0.15) is 0 Å². The number of nitrogens with zero attached hydrogens (tertiary/aromatic N) is 1. The van der Waals surface area contributed by atoms with Gasteiger partial charge >= 0.3 is 5.97 Å². The summed E-state index contributed by atoms with van der Waals surface area (Å²) in [6.07, 6.45) is 2.16. The van der Waals surface area contributed by atoms with Gasteiger partial charge < -0.3 is 19.7 Å². The Kier molecular flexibility index (Phi) is 3.22. The number of ether oxygens (including phenoxy) is 1. The number of nitrogens with one attached hydrogen (secondary N) is 1. The van der Waals surface area contributed by atoms with E-state index in [2.05, 4.69) is 10.5 Å². The van der Waals surface area contributed by atoms with Crippen LogP contribution in [0.25, 0.3) is 0 Å². The van der Waals surface area contributed by atoms with Crippen molar-refractivity contribution in [2.75, 3.05) is 7.11 Å². The number of hydrogen-bond donors (Lipinski definition) is 2. The van der Waals surface area contributed by atoms with Gasteiger partial charge in [0, 0.05) is 0 Å². The highest BCUT2D eigenvalue weighted by molar-refractivity contribution is 5.92. The van der Waals surface area contributed by atoms with Gasteiger partial charge in [-0.3, -0.25) is 9.59 Å². The third kappa shape index (κ3) is 2.44. The summed E-state index contributed by atoms with van der Waals surface area (Å²) in [5.41, 5.74) is -0.650. The average molecular weight is 254 g/mol. The quantitative estimate of drug-likeness (QED) is 0.806. The molecule has 1 aliphatic rings. The summed E-state index contributed by atoms with van der Waals surface area (Å²) in [6.45, 7) is 0. The second kappa shape index (κ2) is 4.67. The Morgan fingerprint density at radius 2 is 2.33 bits per heavy atom. The third-order valence-corrected chi connectivity index (χ3v) is 3.10. The maximum atomic E-state index is 11.9. The van der Waals surface area contributed by atoms with E-state index in [-0.39, 0.29) is 18.1 Å². The molecule has 0 spiro atoms. The van der Waals surface area contributed by atoms with Crippen LogP contribution in [0.1, 0.15) is 36.2 Å².